The average Bonchev–Trinajstić information content (AvgIpc) is 2.48. The molecule has 1 amide bonds. The number of benzene rings is 1. The standard InChI is InChI=1S/C13H14N4O3/c1-2-20-9-5-3-8(4-6-9)11-7-10(12(18)15-14)13(19)17-16-11/h3-7H,2,14H2,1H3,(H,15,18)(H,17,19). The van der Waals surface area contributed by atoms with Crippen LogP contribution in [0.4, 0.5) is 0 Å². The highest BCUT2D eigenvalue weighted by molar-refractivity contribution is 5.94. The summed E-state index contributed by atoms with van der Waals surface area (Å²) in [6.07, 6.45) is 0. The van der Waals surface area contributed by atoms with E-state index >= 15 is 0 Å². The monoisotopic (exact) mass is 274 g/mol. The fourth-order valence-electron chi connectivity index (χ4n) is 1.69. The van der Waals surface area contributed by atoms with Crippen molar-refractivity contribution in [3.05, 3.63) is 46.2 Å². The van der Waals surface area contributed by atoms with Gasteiger partial charge in [-0.1, -0.05) is 0 Å². The number of carbonyl (C=O) groups excluding carboxylic acids is 1. The van der Waals surface area contributed by atoms with Crippen LogP contribution < -0.4 is 21.6 Å². The number of amides is 1. The van der Waals surface area contributed by atoms with Gasteiger partial charge in [-0.15, -0.1) is 0 Å². The Bertz CT molecular complexity index is 664. The van der Waals surface area contributed by atoms with Gasteiger partial charge in [-0.2, -0.15) is 5.10 Å². The molecule has 2 rings (SSSR count). The summed E-state index contributed by atoms with van der Waals surface area (Å²) in [6, 6.07) is 8.53. The Morgan fingerprint density at radius 3 is 2.70 bits per heavy atom. The molecule has 20 heavy (non-hydrogen) atoms. The van der Waals surface area contributed by atoms with Crippen LogP contribution in [-0.4, -0.2) is 22.7 Å². The number of aromatic nitrogens is 2. The largest absolute Gasteiger partial charge is 0.494 e. The second-order valence-electron chi connectivity index (χ2n) is 3.93. The molecule has 1 aromatic carbocycles. The molecule has 7 nitrogen and oxygen atoms in total. The van der Waals surface area contributed by atoms with Gasteiger partial charge >= 0.3 is 0 Å². The predicted molar refractivity (Wildman–Crippen MR) is 73.1 cm³/mol. The van der Waals surface area contributed by atoms with Crippen molar-refractivity contribution in [2.24, 2.45) is 5.84 Å². The van der Waals surface area contributed by atoms with Gasteiger partial charge in [-0.05, 0) is 37.3 Å². The summed E-state index contributed by atoms with van der Waals surface area (Å²) in [5.74, 6) is 5.10. The number of H-pyrrole nitrogens is 1. The van der Waals surface area contributed by atoms with Gasteiger partial charge in [0, 0.05) is 5.56 Å². The van der Waals surface area contributed by atoms with Crippen molar-refractivity contribution in [1.82, 2.24) is 15.6 Å². The van der Waals surface area contributed by atoms with Crippen LogP contribution in [0.3, 0.4) is 0 Å². The van der Waals surface area contributed by atoms with Gasteiger partial charge in [0.15, 0.2) is 0 Å². The molecule has 0 aliphatic heterocycles. The number of nitrogen functional groups attached to an aromatic ring is 1. The number of nitrogens with zero attached hydrogens (tertiary/aromatic N) is 1. The maximum atomic E-state index is 11.5. The van der Waals surface area contributed by atoms with E-state index in [1.54, 1.807) is 24.3 Å². The molecule has 2 aromatic rings. The smallest absolute Gasteiger partial charge is 0.277 e. The zero-order valence-corrected chi connectivity index (χ0v) is 10.8. The molecule has 104 valence electrons. The van der Waals surface area contributed by atoms with Crippen LogP contribution in [0.25, 0.3) is 11.3 Å². The Morgan fingerprint density at radius 2 is 2.10 bits per heavy atom. The summed E-state index contributed by atoms with van der Waals surface area (Å²) in [7, 11) is 0. The fourth-order valence-corrected chi connectivity index (χ4v) is 1.69. The lowest BCUT2D eigenvalue weighted by atomic mass is 10.1. The quantitative estimate of drug-likeness (QED) is 0.425. The van der Waals surface area contributed by atoms with Crippen LogP contribution in [0.15, 0.2) is 35.1 Å². The van der Waals surface area contributed by atoms with Gasteiger partial charge in [0.1, 0.15) is 11.3 Å². The number of rotatable bonds is 4. The molecular weight excluding hydrogens is 260 g/mol. The third-order valence-electron chi connectivity index (χ3n) is 2.64. The van der Waals surface area contributed by atoms with Crippen molar-refractivity contribution < 1.29 is 9.53 Å². The van der Waals surface area contributed by atoms with Crippen molar-refractivity contribution in [3.63, 3.8) is 0 Å². The first kappa shape index (κ1) is 13.8. The first-order valence-corrected chi connectivity index (χ1v) is 5.99. The van der Waals surface area contributed by atoms with Gasteiger partial charge in [0.2, 0.25) is 0 Å². The highest BCUT2D eigenvalue weighted by Crippen LogP contribution is 2.20. The van der Waals surface area contributed by atoms with E-state index in [0.29, 0.717) is 12.3 Å². The molecule has 0 aliphatic carbocycles. The van der Waals surface area contributed by atoms with E-state index in [2.05, 4.69) is 10.2 Å². The first-order valence-electron chi connectivity index (χ1n) is 5.99. The van der Waals surface area contributed by atoms with E-state index in [1.165, 1.54) is 6.07 Å². The maximum Gasteiger partial charge on any atom is 0.277 e. The number of nitrogens with two attached hydrogens (primary N) is 1. The molecule has 0 saturated heterocycles. The number of aromatic amines is 1. The van der Waals surface area contributed by atoms with Crippen molar-refractivity contribution in [2.75, 3.05) is 6.61 Å². The van der Waals surface area contributed by atoms with Crippen LogP contribution >= 0.6 is 0 Å². The Labute approximate surface area is 114 Å². The third-order valence-corrected chi connectivity index (χ3v) is 2.64. The lowest BCUT2D eigenvalue weighted by molar-refractivity contribution is 0.0952. The van der Waals surface area contributed by atoms with Crippen molar-refractivity contribution >= 4 is 5.91 Å². The molecule has 0 bridgehead atoms. The zero-order valence-electron chi connectivity index (χ0n) is 10.8. The minimum Gasteiger partial charge on any atom is -0.494 e. The number of carbonyl (C=O) groups is 1. The Morgan fingerprint density at radius 1 is 1.40 bits per heavy atom. The molecule has 4 N–H and O–H groups in total. The van der Waals surface area contributed by atoms with Gasteiger partial charge in [0.25, 0.3) is 11.5 Å². The topological polar surface area (TPSA) is 110 Å². The Balaban J connectivity index is 2.37. The van der Waals surface area contributed by atoms with Crippen LogP contribution in [0.5, 0.6) is 5.75 Å². The van der Waals surface area contributed by atoms with E-state index in [1.807, 2.05) is 12.3 Å². The Kier molecular flexibility index (Phi) is 4.11. The van der Waals surface area contributed by atoms with Gasteiger partial charge in [-0.3, -0.25) is 15.0 Å². The average molecular weight is 274 g/mol. The van der Waals surface area contributed by atoms with E-state index in [4.69, 9.17) is 10.6 Å². The second kappa shape index (κ2) is 5.98. The van der Waals surface area contributed by atoms with Gasteiger partial charge in [-0.25, -0.2) is 10.9 Å². The fraction of sp³-hybridized carbons (Fsp3) is 0.154. The molecule has 1 heterocycles. The van der Waals surface area contributed by atoms with Crippen molar-refractivity contribution in [2.45, 2.75) is 6.92 Å². The molecular formula is C13H14N4O3. The highest BCUT2D eigenvalue weighted by atomic mass is 16.5. The third kappa shape index (κ3) is 2.83. The van der Waals surface area contributed by atoms with Crippen LogP contribution in [-0.2, 0) is 0 Å². The SMILES string of the molecule is CCOc1ccc(-c2cc(C(=O)NN)c(=O)[nH]n2)cc1. The van der Waals surface area contributed by atoms with Gasteiger partial charge in [0.05, 0.1) is 12.3 Å². The van der Waals surface area contributed by atoms with E-state index in [9.17, 15) is 9.59 Å². The number of nitrogens with one attached hydrogen (secondary N) is 2. The van der Waals surface area contributed by atoms with Crippen molar-refractivity contribution in [1.29, 1.82) is 0 Å². The predicted octanol–water partition coefficient (Wildman–Crippen LogP) is 0.439. The molecule has 0 aliphatic rings. The minimum absolute atomic E-state index is 0.0913. The molecule has 0 atom stereocenters. The van der Waals surface area contributed by atoms with Crippen LogP contribution in [0.2, 0.25) is 0 Å². The zero-order chi connectivity index (χ0) is 14.5. The summed E-state index contributed by atoms with van der Waals surface area (Å²) in [5.41, 5.74) is 2.44. The summed E-state index contributed by atoms with van der Waals surface area (Å²) in [4.78, 5) is 22.9. The normalized spacial score (nSPS) is 10.1. The van der Waals surface area contributed by atoms with Crippen LogP contribution in [0, 0.1) is 0 Å². The summed E-state index contributed by atoms with van der Waals surface area (Å²) in [6.45, 7) is 2.48. The number of hydrogen-bond acceptors (Lipinski definition) is 5. The molecule has 7 heteroatoms. The molecule has 0 radical (unpaired) electrons. The summed E-state index contributed by atoms with van der Waals surface area (Å²) in [5, 5.41) is 6.17. The summed E-state index contributed by atoms with van der Waals surface area (Å²) < 4.78 is 5.34. The molecule has 1 aromatic heterocycles. The lowest BCUT2D eigenvalue weighted by Gasteiger charge is -2.05. The van der Waals surface area contributed by atoms with Crippen LogP contribution in [0.1, 0.15) is 17.3 Å². The molecule has 0 fully saturated rings. The second-order valence-corrected chi connectivity index (χ2v) is 3.93. The Hall–Kier alpha value is -2.67. The van der Waals surface area contributed by atoms with E-state index in [0.717, 1.165) is 11.3 Å². The highest BCUT2D eigenvalue weighted by Gasteiger charge is 2.11. The van der Waals surface area contributed by atoms with E-state index < -0.39 is 11.5 Å². The maximum absolute atomic E-state index is 11.5. The van der Waals surface area contributed by atoms with E-state index in [-0.39, 0.29) is 5.56 Å². The molecule has 0 spiro atoms. The first-order chi connectivity index (χ1) is 9.65. The molecule has 0 saturated carbocycles. The number of hydrogen-bond donors (Lipinski definition) is 3. The summed E-state index contributed by atoms with van der Waals surface area (Å²) >= 11 is 0. The van der Waals surface area contributed by atoms with Crippen molar-refractivity contribution in [3.8, 4) is 17.0 Å². The minimum atomic E-state index is -0.666. The number of hydrazine groups is 1. The lowest BCUT2D eigenvalue weighted by Crippen LogP contribution is -2.34. The number of ether oxygens (including phenoxy) is 1. The van der Waals surface area contributed by atoms with Gasteiger partial charge < -0.3 is 4.74 Å². The molecule has 0 unspecified atom stereocenters.